The van der Waals surface area contributed by atoms with E-state index in [9.17, 15) is 14.7 Å². The fraction of sp³-hybridized carbons (Fsp3) is 0.241. The number of benzene rings is 3. The summed E-state index contributed by atoms with van der Waals surface area (Å²) in [5, 5.41) is 15.8. The number of urea groups is 1. The number of hydrogen-bond donors (Lipinski definition) is 3. The Morgan fingerprint density at radius 1 is 0.914 bits per heavy atom. The summed E-state index contributed by atoms with van der Waals surface area (Å²) in [4.78, 5) is 24.1. The Kier molecular flexibility index (Phi) is 6.92. The molecule has 0 saturated carbocycles. The molecule has 0 unspecified atom stereocenters. The molecule has 0 aliphatic heterocycles. The van der Waals surface area contributed by atoms with Gasteiger partial charge in [-0.05, 0) is 46.4 Å². The lowest BCUT2D eigenvalue weighted by molar-refractivity contribution is -0.139. The van der Waals surface area contributed by atoms with Crippen LogP contribution in [-0.2, 0) is 23.2 Å². The van der Waals surface area contributed by atoms with Crippen molar-refractivity contribution in [3.05, 3.63) is 102 Å². The highest BCUT2D eigenvalue weighted by Crippen LogP contribution is 2.24. The van der Waals surface area contributed by atoms with Crippen molar-refractivity contribution >= 4 is 28.6 Å². The van der Waals surface area contributed by atoms with E-state index in [-0.39, 0.29) is 11.8 Å². The molecule has 0 aliphatic rings. The molecule has 1 atom stereocenters. The Hall–Kier alpha value is -4.06. The lowest BCUT2D eigenvalue weighted by Crippen LogP contribution is -2.44. The molecule has 1 heterocycles. The molecule has 2 amide bonds. The van der Waals surface area contributed by atoms with Gasteiger partial charge in [0, 0.05) is 35.8 Å². The SMILES string of the molecule is CC(C)(C)c1ccc(Cn2ccc3cc(NC(=O)N[C@@H](Cc4ccccc4)C(=O)O)ccc32)cc1. The normalized spacial score (nSPS) is 12.3. The Morgan fingerprint density at radius 3 is 2.29 bits per heavy atom. The molecular formula is C29H31N3O3. The molecule has 6 heteroatoms. The summed E-state index contributed by atoms with van der Waals surface area (Å²) in [6.07, 6.45) is 2.24. The van der Waals surface area contributed by atoms with E-state index in [4.69, 9.17) is 0 Å². The smallest absolute Gasteiger partial charge is 0.326 e. The second-order valence-corrected chi connectivity index (χ2v) is 9.84. The van der Waals surface area contributed by atoms with Gasteiger partial charge < -0.3 is 20.3 Å². The minimum Gasteiger partial charge on any atom is -0.480 e. The predicted octanol–water partition coefficient (Wildman–Crippen LogP) is 5.80. The van der Waals surface area contributed by atoms with Crippen LogP contribution in [0.2, 0.25) is 0 Å². The van der Waals surface area contributed by atoms with Gasteiger partial charge in [0.2, 0.25) is 0 Å². The zero-order valence-electron chi connectivity index (χ0n) is 20.3. The van der Waals surface area contributed by atoms with Gasteiger partial charge in [0.15, 0.2) is 0 Å². The molecule has 0 fully saturated rings. The molecule has 0 radical (unpaired) electrons. The van der Waals surface area contributed by atoms with E-state index in [1.165, 1.54) is 11.1 Å². The van der Waals surface area contributed by atoms with Crippen LogP contribution in [0.1, 0.15) is 37.5 Å². The molecule has 180 valence electrons. The van der Waals surface area contributed by atoms with Gasteiger partial charge in [-0.2, -0.15) is 0 Å². The second kappa shape index (κ2) is 10.1. The van der Waals surface area contributed by atoms with E-state index in [0.717, 1.165) is 23.0 Å². The van der Waals surface area contributed by atoms with E-state index in [0.29, 0.717) is 5.69 Å². The van der Waals surface area contributed by atoms with Crippen LogP contribution in [0.15, 0.2) is 85.1 Å². The summed E-state index contributed by atoms with van der Waals surface area (Å²) >= 11 is 0. The summed E-state index contributed by atoms with van der Waals surface area (Å²) in [5.74, 6) is -1.08. The Bertz CT molecular complexity index is 1320. The molecule has 4 aromatic rings. The fourth-order valence-corrected chi connectivity index (χ4v) is 4.10. The van der Waals surface area contributed by atoms with E-state index in [2.05, 4.69) is 60.2 Å². The van der Waals surface area contributed by atoms with E-state index < -0.39 is 18.0 Å². The van der Waals surface area contributed by atoms with Crippen molar-refractivity contribution in [2.45, 2.75) is 45.2 Å². The number of anilines is 1. The van der Waals surface area contributed by atoms with Gasteiger partial charge >= 0.3 is 12.0 Å². The van der Waals surface area contributed by atoms with Gasteiger partial charge in [-0.15, -0.1) is 0 Å². The molecule has 6 nitrogen and oxygen atoms in total. The van der Waals surface area contributed by atoms with Crippen LogP contribution in [0, 0.1) is 0 Å². The minimum atomic E-state index is -1.08. The highest BCUT2D eigenvalue weighted by Gasteiger charge is 2.20. The van der Waals surface area contributed by atoms with Crippen molar-refractivity contribution < 1.29 is 14.7 Å². The molecule has 3 aromatic carbocycles. The molecule has 0 spiro atoms. The van der Waals surface area contributed by atoms with Crippen molar-refractivity contribution in [3.8, 4) is 0 Å². The monoisotopic (exact) mass is 469 g/mol. The average molecular weight is 470 g/mol. The molecule has 0 aliphatic carbocycles. The van der Waals surface area contributed by atoms with Gasteiger partial charge in [-0.25, -0.2) is 9.59 Å². The first kappa shape index (κ1) is 24.1. The number of carbonyl (C=O) groups excluding carboxylic acids is 1. The maximum absolute atomic E-state index is 12.5. The number of aliphatic carboxylic acids is 1. The summed E-state index contributed by atoms with van der Waals surface area (Å²) in [6.45, 7) is 7.37. The lowest BCUT2D eigenvalue weighted by atomic mass is 9.87. The third kappa shape index (κ3) is 6.09. The van der Waals surface area contributed by atoms with Crippen LogP contribution in [0.25, 0.3) is 10.9 Å². The Morgan fingerprint density at radius 2 is 1.63 bits per heavy atom. The van der Waals surface area contributed by atoms with Crippen LogP contribution >= 0.6 is 0 Å². The topological polar surface area (TPSA) is 83.4 Å². The largest absolute Gasteiger partial charge is 0.480 e. The zero-order chi connectivity index (χ0) is 25.0. The molecule has 3 N–H and O–H groups in total. The van der Waals surface area contributed by atoms with Crippen molar-refractivity contribution in [1.29, 1.82) is 0 Å². The quantitative estimate of drug-likeness (QED) is 0.320. The van der Waals surface area contributed by atoms with E-state index in [1.807, 2.05) is 60.8 Å². The number of aromatic nitrogens is 1. The van der Waals surface area contributed by atoms with Crippen molar-refractivity contribution in [2.75, 3.05) is 5.32 Å². The molecule has 0 bridgehead atoms. The number of nitrogens with one attached hydrogen (secondary N) is 2. The average Bonchev–Trinajstić information content (AvgIpc) is 3.21. The Balaban J connectivity index is 1.42. The first-order chi connectivity index (χ1) is 16.7. The van der Waals surface area contributed by atoms with Crippen LogP contribution in [0.4, 0.5) is 10.5 Å². The molecule has 0 saturated heterocycles. The first-order valence-electron chi connectivity index (χ1n) is 11.7. The van der Waals surface area contributed by atoms with E-state index >= 15 is 0 Å². The number of carboxylic acids is 1. The number of hydrogen-bond acceptors (Lipinski definition) is 2. The maximum Gasteiger partial charge on any atom is 0.326 e. The summed E-state index contributed by atoms with van der Waals surface area (Å²) in [7, 11) is 0. The van der Waals surface area contributed by atoms with Gasteiger partial charge in [0.1, 0.15) is 6.04 Å². The third-order valence-electron chi connectivity index (χ3n) is 6.09. The number of nitrogens with zero attached hydrogens (tertiary/aromatic N) is 1. The second-order valence-electron chi connectivity index (χ2n) is 9.84. The maximum atomic E-state index is 12.5. The number of fused-ring (bicyclic) bond motifs is 1. The van der Waals surface area contributed by atoms with Crippen LogP contribution in [0.3, 0.4) is 0 Å². The number of rotatable bonds is 7. The van der Waals surface area contributed by atoms with Crippen LogP contribution < -0.4 is 10.6 Å². The highest BCUT2D eigenvalue weighted by atomic mass is 16.4. The highest BCUT2D eigenvalue weighted by molar-refractivity contribution is 5.94. The van der Waals surface area contributed by atoms with Crippen molar-refractivity contribution in [1.82, 2.24) is 9.88 Å². The van der Waals surface area contributed by atoms with Gasteiger partial charge in [0.25, 0.3) is 0 Å². The minimum absolute atomic E-state index is 0.125. The van der Waals surface area contributed by atoms with Gasteiger partial charge in [-0.3, -0.25) is 0 Å². The third-order valence-corrected chi connectivity index (χ3v) is 6.09. The lowest BCUT2D eigenvalue weighted by Gasteiger charge is -2.19. The molecule has 1 aromatic heterocycles. The predicted molar refractivity (Wildman–Crippen MR) is 140 cm³/mol. The van der Waals surface area contributed by atoms with E-state index in [1.54, 1.807) is 0 Å². The number of amides is 2. The van der Waals surface area contributed by atoms with Crippen LogP contribution in [-0.4, -0.2) is 27.7 Å². The summed E-state index contributed by atoms with van der Waals surface area (Å²) in [6, 6.07) is 24.1. The number of carboxylic acid groups (broad SMARTS) is 1. The molecule has 4 rings (SSSR count). The zero-order valence-corrected chi connectivity index (χ0v) is 20.3. The molecular weight excluding hydrogens is 438 g/mol. The van der Waals surface area contributed by atoms with Gasteiger partial charge in [-0.1, -0.05) is 75.4 Å². The summed E-state index contributed by atoms with van der Waals surface area (Å²) < 4.78 is 2.17. The Labute approximate surface area is 205 Å². The van der Waals surface area contributed by atoms with Crippen LogP contribution in [0.5, 0.6) is 0 Å². The fourth-order valence-electron chi connectivity index (χ4n) is 4.10. The van der Waals surface area contributed by atoms with Crippen molar-refractivity contribution in [3.63, 3.8) is 0 Å². The number of carbonyl (C=O) groups is 2. The summed E-state index contributed by atoms with van der Waals surface area (Å²) in [5.41, 5.74) is 5.16. The molecule has 35 heavy (non-hydrogen) atoms. The van der Waals surface area contributed by atoms with Crippen molar-refractivity contribution in [2.24, 2.45) is 0 Å². The first-order valence-corrected chi connectivity index (χ1v) is 11.7. The standard InChI is InChI=1S/C29H31N3O3/c1-29(2,3)23-11-9-21(10-12-23)19-32-16-15-22-18-24(13-14-26(22)32)30-28(35)31-25(27(33)34)17-20-7-5-4-6-8-20/h4-16,18,25H,17,19H2,1-3H3,(H,33,34)(H2,30,31,35)/t25-/m0/s1. The van der Waals surface area contributed by atoms with Gasteiger partial charge in [0.05, 0.1) is 0 Å².